The Hall–Kier alpha value is -0.610. The topological polar surface area (TPSA) is 52.6 Å². The van der Waals surface area contributed by atoms with E-state index in [9.17, 15) is 9.90 Å². The summed E-state index contributed by atoms with van der Waals surface area (Å²) in [6, 6.07) is -0.0272. The first-order valence-corrected chi connectivity index (χ1v) is 6.30. The maximum Gasteiger partial charge on any atom is 0.240 e. The minimum Gasteiger partial charge on any atom is -0.391 e. The molecule has 4 atom stereocenters. The molecule has 4 nitrogen and oxygen atoms in total. The third-order valence-electron chi connectivity index (χ3n) is 4.03. The van der Waals surface area contributed by atoms with E-state index in [1.165, 1.54) is 0 Å². The number of nitrogens with zero attached hydrogens (tertiary/aromatic N) is 1. The Balaban J connectivity index is 1.95. The molecular weight excluding hydrogens is 204 g/mol. The van der Waals surface area contributed by atoms with Crippen LogP contribution in [0.5, 0.6) is 0 Å². The second-order valence-electron chi connectivity index (χ2n) is 5.32. The van der Waals surface area contributed by atoms with Crippen molar-refractivity contribution in [1.82, 2.24) is 10.2 Å². The molecule has 4 heteroatoms. The minimum atomic E-state index is -0.352. The number of hydrogen-bond donors (Lipinski definition) is 2. The molecule has 1 amide bonds. The summed E-state index contributed by atoms with van der Waals surface area (Å²) in [4.78, 5) is 14.0. The lowest BCUT2D eigenvalue weighted by molar-refractivity contribution is -0.138. The van der Waals surface area contributed by atoms with E-state index in [0.29, 0.717) is 18.4 Å². The highest BCUT2D eigenvalue weighted by molar-refractivity contribution is 5.82. The van der Waals surface area contributed by atoms with Gasteiger partial charge in [-0.05, 0) is 31.2 Å². The van der Waals surface area contributed by atoms with Crippen molar-refractivity contribution in [3.8, 4) is 0 Å². The maximum absolute atomic E-state index is 12.2. The summed E-state index contributed by atoms with van der Waals surface area (Å²) in [6.07, 6.45) is 1.63. The number of hydrogen-bond acceptors (Lipinski definition) is 3. The lowest BCUT2D eigenvalue weighted by Crippen LogP contribution is -2.52. The van der Waals surface area contributed by atoms with Crippen molar-refractivity contribution in [2.24, 2.45) is 11.8 Å². The van der Waals surface area contributed by atoms with Crippen molar-refractivity contribution >= 4 is 5.91 Å². The molecule has 2 rings (SSSR count). The van der Waals surface area contributed by atoms with Gasteiger partial charge in [0.2, 0.25) is 5.91 Å². The minimum absolute atomic E-state index is 0.0272. The summed E-state index contributed by atoms with van der Waals surface area (Å²) in [5, 5.41) is 13.0. The fraction of sp³-hybridized carbons (Fsp3) is 0.917. The fourth-order valence-corrected chi connectivity index (χ4v) is 2.61. The van der Waals surface area contributed by atoms with E-state index in [0.717, 1.165) is 25.9 Å². The van der Waals surface area contributed by atoms with E-state index in [1.54, 1.807) is 0 Å². The molecule has 92 valence electrons. The molecule has 0 aromatic carbocycles. The number of aliphatic hydroxyl groups excluding tert-OH is 1. The first-order valence-electron chi connectivity index (χ1n) is 6.30. The van der Waals surface area contributed by atoms with Gasteiger partial charge in [0.15, 0.2) is 0 Å². The normalized spacial score (nSPS) is 40.1. The SMILES string of the molecule is CC1CCN(C(=O)C2NCCC2C)CC1O. The number of nitrogens with one attached hydrogen (secondary N) is 1. The van der Waals surface area contributed by atoms with Crippen LogP contribution in [0.2, 0.25) is 0 Å². The van der Waals surface area contributed by atoms with Crippen LogP contribution in [0.15, 0.2) is 0 Å². The van der Waals surface area contributed by atoms with Gasteiger partial charge in [0, 0.05) is 13.1 Å². The molecule has 0 spiro atoms. The molecule has 16 heavy (non-hydrogen) atoms. The predicted molar refractivity (Wildman–Crippen MR) is 61.9 cm³/mol. The zero-order chi connectivity index (χ0) is 11.7. The molecule has 0 radical (unpaired) electrons. The number of β-amino-alcohol motifs (C(OH)–C–C–N with tert-alkyl or cyclic N) is 1. The number of amides is 1. The summed E-state index contributed by atoms with van der Waals surface area (Å²) in [5.41, 5.74) is 0. The molecule has 2 aliphatic rings. The van der Waals surface area contributed by atoms with Crippen LogP contribution in [0.3, 0.4) is 0 Å². The number of carbonyl (C=O) groups excluding carboxylic acids is 1. The highest BCUT2D eigenvalue weighted by atomic mass is 16.3. The zero-order valence-electron chi connectivity index (χ0n) is 10.1. The average Bonchev–Trinajstić information content (AvgIpc) is 2.67. The van der Waals surface area contributed by atoms with Gasteiger partial charge in [0.25, 0.3) is 0 Å². The van der Waals surface area contributed by atoms with Gasteiger partial charge in [0.1, 0.15) is 0 Å². The van der Waals surface area contributed by atoms with Gasteiger partial charge in [-0.2, -0.15) is 0 Å². The molecule has 0 aromatic rings. The predicted octanol–water partition coefficient (Wildman–Crippen LogP) is 0.214. The fourth-order valence-electron chi connectivity index (χ4n) is 2.61. The number of rotatable bonds is 1. The Bertz CT molecular complexity index is 270. The van der Waals surface area contributed by atoms with E-state index >= 15 is 0 Å². The molecule has 0 saturated carbocycles. The van der Waals surface area contributed by atoms with E-state index in [-0.39, 0.29) is 18.1 Å². The van der Waals surface area contributed by atoms with Crippen molar-refractivity contribution < 1.29 is 9.90 Å². The molecule has 2 saturated heterocycles. The number of aliphatic hydroxyl groups is 1. The first-order chi connectivity index (χ1) is 7.59. The standard InChI is InChI=1S/C12H22N2O2/c1-8-4-6-14(7-10(8)15)12(16)11-9(2)3-5-13-11/h8-11,13,15H,3-7H2,1-2H3. The highest BCUT2D eigenvalue weighted by Gasteiger charge is 2.35. The van der Waals surface area contributed by atoms with Crippen molar-refractivity contribution in [3.63, 3.8) is 0 Å². The Labute approximate surface area is 97.0 Å². The van der Waals surface area contributed by atoms with Crippen LogP contribution in [0, 0.1) is 11.8 Å². The van der Waals surface area contributed by atoms with Gasteiger partial charge in [0.05, 0.1) is 12.1 Å². The van der Waals surface area contributed by atoms with E-state index < -0.39 is 0 Å². The quantitative estimate of drug-likeness (QED) is 0.672. The van der Waals surface area contributed by atoms with Crippen LogP contribution in [-0.2, 0) is 4.79 Å². The third-order valence-corrected chi connectivity index (χ3v) is 4.03. The van der Waals surface area contributed by atoms with Crippen LogP contribution in [0.1, 0.15) is 26.7 Å². The Kier molecular flexibility index (Phi) is 3.50. The summed E-state index contributed by atoms with van der Waals surface area (Å²) in [6.45, 7) is 6.39. The molecule has 0 aliphatic carbocycles. The first kappa shape index (κ1) is 11.9. The highest BCUT2D eigenvalue weighted by Crippen LogP contribution is 2.21. The van der Waals surface area contributed by atoms with Crippen LogP contribution < -0.4 is 5.32 Å². The van der Waals surface area contributed by atoms with Crippen molar-refractivity contribution in [3.05, 3.63) is 0 Å². The summed E-state index contributed by atoms with van der Waals surface area (Å²) >= 11 is 0. The number of carbonyl (C=O) groups is 1. The lowest BCUT2D eigenvalue weighted by Gasteiger charge is -2.36. The molecule has 4 unspecified atom stereocenters. The molecule has 2 N–H and O–H groups in total. The smallest absolute Gasteiger partial charge is 0.240 e. The summed E-state index contributed by atoms with van der Waals surface area (Å²) < 4.78 is 0. The molecule has 0 bridgehead atoms. The van der Waals surface area contributed by atoms with Gasteiger partial charge in [-0.1, -0.05) is 13.8 Å². The van der Waals surface area contributed by atoms with Gasteiger partial charge >= 0.3 is 0 Å². The van der Waals surface area contributed by atoms with Gasteiger partial charge in [-0.15, -0.1) is 0 Å². The van der Waals surface area contributed by atoms with Gasteiger partial charge in [-0.3, -0.25) is 4.79 Å². The van der Waals surface area contributed by atoms with E-state index in [1.807, 2.05) is 11.8 Å². The molecular formula is C12H22N2O2. The second kappa shape index (κ2) is 4.72. The third kappa shape index (κ3) is 2.23. The average molecular weight is 226 g/mol. The molecule has 2 aliphatic heterocycles. The molecule has 2 fully saturated rings. The summed E-state index contributed by atoms with van der Waals surface area (Å²) in [5.74, 6) is 0.915. The van der Waals surface area contributed by atoms with Crippen LogP contribution >= 0.6 is 0 Å². The summed E-state index contributed by atoms with van der Waals surface area (Å²) in [7, 11) is 0. The van der Waals surface area contributed by atoms with Crippen molar-refractivity contribution in [2.45, 2.75) is 38.8 Å². The van der Waals surface area contributed by atoms with Crippen LogP contribution in [0.25, 0.3) is 0 Å². The molecule has 2 heterocycles. The van der Waals surface area contributed by atoms with Gasteiger partial charge < -0.3 is 15.3 Å². The number of piperidine rings is 1. The van der Waals surface area contributed by atoms with Crippen LogP contribution in [-0.4, -0.2) is 47.7 Å². The van der Waals surface area contributed by atoms with E-state index in [4.69, 9.17) is 0 Å². The van der Waals surface area contributed by atoms with Crippen molar-refractivity contribution in [2.75, 3.05) is 19.6 Å². The Morgan fingerprint density at radius 2 is 2.06 bits per heavy atom. The second-order valence-corrected chi connectivity index (χ2v) is 5.32. The Morgan fingerprint density at radius 3 is 2.62 bits per heavy atom. The van der Waals surface area contributed by atoms with Crippen molar-refractivity contribution in [1.29, 1.82) is 0 Å². The monoisotopic (exact) mass is 226 g/mol. The van der Waals surface area contributed by atoms with E-state index in [2.05, 4.69) is 12.2 Å². The lowest BCUT2D eigenvalue weighted by atomic mass is 9.94. The van der Waals surface area contributed by atoms with Gasteiger partial charge in [-0.25, -0.2) is 0 Å². The van der Waals surface area contributed by atoms with Crippen LogP contribution in [0.4, 0.5) is 0 Å². The number of likely N-dealkylation sites (tertiary alicyclic amines) is 1. The largest absolute Gasteiger partial charge is 0.391 e. The zero-order valence-corrected chi connectivity index (χ0v) is 10.1. The maximum atomic E-state index is 12.2. The molecule has 0 aromatic heterocycles. The Morgan fingerprint density at radius 1 is 1.31 bits per heavy atom.